The van der Waals surface area contributed by atoms with Crippen LogP contribution in [-0.4, -0.2) is 49.5 Å². The van der Waals surface area contributed by atoms with Crippen LogP contribution in [0.25, 0.3) is 17.0 Å². The second kappa shape index (κ2) is 7.96. The Morgan fingerprint density at radius 2 is 1.91 bits per heavy atom. The van der Waals surface area contributed by atoms with Crippen molar-refractivity contribution in [1.82, 2.24) is 24.5 Å². The zero-order valence-corrected chi connectivity index (χ0v) is 18.3. The molecule has 33 heavy (non-hydrogen) atoms. The Balaban J connectivity index is 1.26. The summed E-state index contributed by atoms with van der Waals surface area (Å²) in [5.41, 5.74) is 3.37. The van der Waals surface area contributed by atoms with E-state index in [4.69, 9.17) is 9.47 Å². The summed E-state index contributed by atoms with van der Waals surface area (Å²) in [5.74, 6) is 1.96. The number of carbonyl (C=O) groups is 1. The number of hydrogen-bond acceptors (Lipinski definition) is 7. The normalized spacial score (nSPS) is 14.5. The van der Waals surface area contributed by atoms with Crippen molar-refractivity contribution in [3.05, 3.63) is 70.0 Å². The molecule has 1 amide bonds. The third kappa shape index (κ3) is 3.72. The Morgan fingerprint density at radius 1 is 1.06 bits per heavy atom. The summed E-state index contributed by atoms with van der Waals surface area (Å²) < 4.78 is 12.3. The Bertz CT molecular complexity index is 1450. The van der Waals surface area contributed by atoms with Crippen LogP contribution in [0.2, 0.25) is 0 Å². The molecule has 2 aromatic heterocycles. The van der Waals surface area contributed by atoms with Gasteiger partial charge in [0.25, 0.3) is 5.56 Å². The molecule has 0 atom stereocenters. The number of amides is 1. The van der Waals surface area contributed by atoms with Gasteiger partial charge < -0.3 is 14.4 Å². The molecular formula is C23H19N5O4S. The van der Waals surface area contributed by atoms with Crippen LogP contribution in [0, 0.1) is 0 Å². The van der Waals surface area contributed by atoms with E-state index in [2.05, 4.69) is 27.2 Å². The summed E-state index contributed by atoms with van der Waals surface area (Å²) in [6.07, 6.45) is 0.851. The van der Waals surface area contributed by atoms with Crippen molar-refractivity contribution >= 4 is 23.3 Å². The second-order valence-electron chi connectivity index (χ2n) is 7.83. The molecule has 6 rings (SSSR count). The highest BCUT2D eigenvalue weighted by molar-refractivity contribution is 7.99. The zero-order chi connectivity index (χ0) is 22.4. The van der Waals surface area contributed by atoms with Crippen LogP contribution in [0.3, 0.4) is 0 Å². The minimum absolute atomic E-state index is 0.0281. The van der Waals surface area contributed by atoms with Gasteiger partial charge in [0.15, 0.2) is 28.1 Å². The average Bonchev–Trinajstić information content (AvgIpc) is 3.46. The monoisotopic (exact) mass is 461 g/mol. The molecule has 0 saturated carbocycles. The minimum atomic E-state index is -0.284. The van der Waals surface area contributed by atoms with Crippen molar-refractivity contribution in [2.75, 3.05) is 19.1 Å². The van der Waals surface area contributed by atoms with E-state index in [1.165, 1.54) is 33.5 Å². The van der Waals surface area contributed by atoms with Gasteiger partial charge in [0.05, 0.1) is 5.75 Å². The number of fused-ring (bicyclic) bond motifs is 3. The molecular weight excluding hydrogens is 442 g/mol. The number of rotatable bonds is 4. The van der Waals surface area contributed by atoms with Crippen LogP contribution >= 0.6 is 11.8 Å². The highest BCUT2D eigenvalue weighted by Crippen LogP contribution is 2.35. The molecule has 0 fully saturated rings. The number of H-pyrrole nitrogens is 1. The van der Waals surface area contributed by atoms with E-state index >= 15 is 0 Å². The summed E-state index contributed by atoms with van der Waals surface area (Å²) in [5, 5.41) is 3.20. The molecule has 10 heteroatoms. The zero-order valence-electron chi connectivity index (χ0n) is 17.5. The number of nitrogens with one attached hydrogen (secondary N) is 1. The predicted molar refractivity (Wildman–Crippen MR) is 121 cm³/mol. The summed E-state index contributed by atoms with van der Waals surface area (Å²) in [6, 6.07) is 15.1. The molecule has 0 aliphatic carbocycles. The van der Waals surface area contributed by atoms with Crippen molar-refractivity contribution < 1.29 is 14.3 Å². The van der Waals surface area contributed by atoms with Crippen LogP contribution in [0.4, 0.5) is 0 Å². The number of aromatic amines is 1. The number of benzene rings is 2. The van der Waals surface area contributed by atoms with E-state index in [1.807, 2.05) is 29.2 Å². The number of aromatic nitrogens is 4. The minimum Gasteiger partial charge on any atom is -0.454 e. The fraction of sp³-hybridized carbons (Fsp3) is 0.217. The third-order valence-electron chi connectivity index (χ3n) is 5.76. The maximum atomic E-state index is 13.0. The van der Waals surface area contributed by atoms with Crippen LogP contribution in [0.15, 0.2) is 58.5 Å². The lowest BCUT2D eigenvalue weighted by Gasteiger charge is -2.28. The lowest BCUT2D eigenvalue weighted by Crippen LogP contribution is -2.37. The molecule has 0 bridgehead atoms. The van der Waals surface area contributed by atoms with Crippen molar-refractivity contribution in [2.24, 2.45) is 0 Å². The first kappa shape index (κ1) is 19.9. The number of ether oxygens (including phenoxy) is 2. The van der Waals surface area contributed by atoms with Crippen molar-refractivity contribution in [1.29, 1.82) is 0 Å². The van der Waals surface area contributed by atoms with Gasteiger partial charge in [0.2, 0.25) is 12.7 Å². The van der Waals surface area contributed by atoms with E-state index in [1.54, 1.807) is 6.07 Å². The van der Waals surface area contributed by atoms with Crippen molar-refractivity contribution in [3.8, 4) is 22.9 Å². The Hall–Kier alpha value is -3.79. The SMILES string of the molecule is O=C(CSc1nc(-c2ccc3c(c2)OCO3)nc2cc(=O)[nH]n12)N1CCc2ccccc2C1. The molecule has 0 radical (unpaired) electrons. The fourth-order valence-corrected chi connectivity index (χ4v) is 4.93. The number of thioether (sulfide) groups is 1. The van der Waals surface area contributed by atoms with Crippen molar-refractivity contribution in [2.45, 2.75) is 18.1 Å². The maximum Gasteiger partial charge on any atom is 0.266 e. The van der Waals surface area contributed by atoms with E-state index in [9.17, 15) is 9.59 Å². The second-order valence-corrected chi connectivity index (χ2v) is 8.78. The first-order valence-electron chi connectivity index (χ1n) is 10.5. The third-order valence-corrected chi connectivity index (χ3v) is 6.69. The van der Waals surface area contributed by atoms with Gasteiger partial charge in [0, 0.05) is 24.7 Å². The Morgan fingerprint density at radius 3 is 2.82 bits per heavy atom. The summed E-state index contributed by atoms with van der Waals surface area (Å²) in [7, 11) is 0. The molecule has 2 aromatic carbocycles. The summed E-state index contributed by atoms with van der Waals surface area (Å²) in [6.45, 7) is 1.48. The molecule has 2 aliphatic rings. The van der Waals surface area contributed by atoms with Gasteiger partial charge in [-0.2, -0.15) is 0 Å². The largest absolute Gasteiger partial charge is 0.454 e. The number of carbonyl (C=O) groups excluding carboxylic acids is 1. The van der Waals surface area contributed by atoms with E-state index in [-0.39, 0.29) is 24.0 Å². The van der Waals surface area contributed by atoms with Crippen LogP contribution in [-0.2, 0) is 17.8 Å². The van der Waals surface area contributed by atoms with Gasteiger partial charge >= 0.3 is 0 Å². The smallest absolute Gasteiger partial charge is 0.266 e. The van der Waals surface area contributed by atoms with Gasteiger partial charge in [0.1, 0.15) is 0 Å². The van der Waals surface area contributed by atoms with Gasteiger partial charge in [-0.15, -0.1) is 0 Å². The first-order valence-corrected chi connectivity index (χ1v) is 11.5. The molecule has 4 aromatic rings. The van der Waals surface area contributed by atoms with Crippen LogP contribution in [0.5, 0.6) is 11.5 Å². The van der Waals surface area contributed by atoms with Crippen molar-refractivity contribution in [3.63, 3.8) is 0 Å². The topological polar surface area (TPSA) is 102 Å². The maximum absolute atomic E-state index is 13.0. The Kier molecular flexibility index (Phi) is 4.79. The average molecular weight is 462 g/mol. The predicted octanol–water partition coefficient (Wildman–Crippen LogP) is 2.49. The Labute approximate surface area is 192 Å². The molecule has 0 unspecified atom stereocenters. The van der Waals surface area contributed by atoms with E-state index < -0.39 is 0 Å². The molecule has 0 spiro atoms. The van der Waals surface area contributed by atoms with Gasteiger partial charge in [-0.3, -0.25) is 14.7 Å². The van der Waals surface area contributed by atoms with Crippen LogP contribution < -0.4 is 15.0 Å². The molecule has 2 aliphatic heterocycles. The standard InChI is InChI=1S/C23H19N5O4S/c29-20-10-19-24-22(15-5-6-17-18(9-15)32-13-31-17)25-23(28(19)26-20)33-12-21(30)27-8-7-14-3-1-2-4-16(14)11-27/h1-6,9-10H,7-8,11-13H2,(H,26,29). The molecule has 166 valence electrons. The first-order chi connectivity index (χ1) is 16.1. The molecule has 4 heterocycles. The van der Waals surface area contributed by atoms with Gasteiger partial charge in [-0.25, -0.2) is 14.5 Å². The summed E-state index contributed by atoms with van der Waals surface area (Å²) >= 11 is 1.28. The fourth-order valence-electron chi connectivity index (χ4n) is 4.07. The quantitative estimate of drug-likeness (QED) is 0.466. The van der Waals surface area contributed by atoms with Gasteiger partial charge in [-0.05, 0) is 35.7 Å². The number of nitrogens with zero attached hydrogens (tertiary/aromatic N) is 4. The van der Waals surface area contributed by atoms with Gasteiger partial charge in [-0.1, -0.05) is 36.0 Å². The molecule has 0 saturated heterocycles. The lowest BCUT2D eigenvalue weighted by molar-refractivity contribution is -0.129. The van der Waals surface area contributed by atoms with Crippen LogP contribution in [0.1, 0.15) is 11.1 Å². The highest BCUT2D eigenvalue weighted by atomic mass is 32.2. The van der Waals surface area contributed by atoms with E-state index in [0.29, 0.717) is 41.2 Å². The number of hydrogen-bond donors (Lipinski definition) is 1. The summed E-state index contributed by atoms with van der Waals surface area (Å²) in [4.78, 5) is 36.0. The molecule has 9 nitrogen and oxygen atoms in total. The van der Waals surface area contributed by atoms with E-state index in [0.717, 1.165) is 12.0 Å². The lowest BCUT2D eigenvalue weighted by atomic mass is 10.00. The highest BCUT2D eigenvalue weighted by Gasteiger charge is 2.22. The molecule has 1 N–H and O–H groups in total.